The summed E-state index contributed by atoms with van der Waals surface area (Å²) < 4.78 is 1.85. The summed E-state index contributed by atoms with van der Waals surface area (Å²) in [6.07, 6.45) is 4.65. The van der Waals surface area contributed by atoms with Gasteiger partial charge in [-0.2, -0.15) is 5.10 Å². The van der Waals surface area contributed by atoms with Crippen molar-refractivity contribution in [2.45, 2.75) is 25.4 Å². The second-order valence-corrected chi connectivity index (χ2v) is 5.22. The summed E-state index contributed by atoms with van der Waals surface area (Å²) in [4.78, 5) is 0. The van der Waals surface area contributed by atoms with Crippen LogP contribution in [0.15, 0.2) is 30.5 Å². The third kappa shape index (κ3) is 2.42. The van der Waals surface area contributed by atoms with Crippen LogP contribution in [0.1, 0.15) is 18.4 Å². The Morgan fingerprint density at radius 1 is 1.39 bits per heavy atom. The molecule has 0 radical (unpaired) electrons. The third-order valence-corrected chi connectivity index (χ3v) is 3.52. The zero-order chi connectivity index (χ0) is 12.5. The number of aryl methyl sites for hydroxylation is 1. The molecule has 4 heteroatoms. The Balaban J connectivity index is 1.92. The third-order valence-electron chi connectivity index (χ3n) is 3.19. The quantitative estimate of drug-likeness (QED) is 0.917. The molecule has 0 spiro atoms. The van der Waals surface area contributed by atoms with Crippen LogP contribution in [0.2, 0.25) is 5.02 Å². The minimum atomic E-state index is 0.698. The van der Waals surface area contributed by atoms with Gasteiger partial charge in [-0.25, -0.2) is 0 Å². The molecule has 0 unspecified atom stereocenters. The number of hydrogen-bond donors (Lipinski definition) is 1. The lowest BCUT2D eigenvalue weighted by atomic mass is 10.1. The van der Waals surface area contributed by atoms with Gasteiger partial charge in [-0.3, -0.25) is 4.68 Å². The van der Waals surface area contributed by atoms with Crippen LogP contribution in [0.4, 0.5) is 0 Å². The maximum Gasteiger partial charge on any atom is 0.0982 e. The minimum absolute atomic E-state index is 0.698. The van der Waals surface area contributed by atoms with E-state index in [1.807, 2.05) is 36.0 Å². The maximum atomic E-state index is 6.25. The van der Waals surface area contributed by atoms with Gasteiger partial charge < -0.3 is 5.32 Å². The smallest absolute Gasteiger partial charge is 0.0982 e. The molecule has 1 aliphatic carbocycles. The van der Waals surface area contributed by atoms with Crippen molar-refractivity contribution >= 4 is 11.6 Å². The van der Waals surface area contributed by atoms with Crippen LogP contribution in [0.25, 0.3) is 11.3 Å². The van der Waals surface area contributed by atoms with Crippen molar-refractivity contribution in [3.63, 3.8) is 0 Å². The van der Waals surface area contributed by atoms with Crippen LogP contribution in [-0.4, -0.2) is 15.8 Å². The monoisotopic (exact) mass is 261 g/mol. The molecule has 0 amide bonds. The van der Waals surface area contributed by atoms with E-state index in [2.05, 4.69) is 16.6 Å². The highest BCUT2D eigenvalue weighted by Crippen LogP contribution is 2.29. The summed E-state index contributed by atoms with van der Waals surface area (Å²) in [5.41, 5.74) is 3.20. The summed E-state index contributed by atoms with van der Waals surface area (Å²) in [7, 11) is 1.95. The standard InChI is InChI=1S/C14H16ClN3/c1-18-9-10(8-16-11-6-7-11)14(17-18)12-4-2-3-5-13(12)15/h2-5,9,11,16H,6-8H2,1H3. The Morgan fingerprint density at radius 2 is 2.17 bits per heavy atom. The Hall–Kier alpha value is -1.32. The molecule has 1 saturated carbocycles. The summed E-state index contributed by atoms with van der Waals surface area (Å²) in [5.74, 6) is 0. The van der Waals surface area contributed by atoms with Gasteiger partial charge in [0.2, 0.25) is 0 Å². The van der Waals surface area contributed by atoms with Gasteiger partial charge in [-0.15, -0.1) is 0 Å². The van der Waals surface area contributed by atoms with Gasteiger partial charge in [0.05, 0.1) is 10.7 Å². The minimum Gasteiger partial charge on any atom is -0.310 e. The Morgan fingerprint density at radius 3 is 2.89 bits per heavy atom. The maximum absolute atomic E-state index is 6.25. The molecule has 94 valence electrons. The lowest BCUT2D eigenvalue weighted by molar-refractivity contribution is 0.687. The van der Waals surface area contributed by atoms with E-state index in [4.69, 9.17) is 11.6 Å². The fourth-order valence-electron chi connectivity index (χ4n) is 2.09. The van der Waals surface area contributed by atoms with Gasteiger partial charge in [-0.05, 0) is 18.9 Å². The van der Waals surface area contributed by atoms with Gasteiger partial charge in [0, 0.05) is 37.0 Å². The summed E-state index contributed by atoms with van der Waals surface area (Å²) in [5, 5.41) is 8.81. The summed E-state index contributed by atoms with van der Waals surface area (Å²) in [6, 6.07) is 8.56. The van der Waals surface area contributed by atoms with Crippen LogP contribution < -0.4 is 5.32 Å². The highest BCUT2D eigenvalue weighted by Gasteiger charge is 2.21. The molecule has 1 N–H and O–H groups in total. The molecule has 0 bridgehead atoms. The zero-order valence-electron chi connectivity index (χ0n) is 10.4. The predicted molar refractivity (Wildman–Crippen MR) is 73.5 cm³/mol. The van der Waals surface area contributed by atoms with Crippen LogP contribution in [0, 0.1) is 0 Å². The number of halogens is 1. The predicted octanol–water partition coefficient (Wildman–Crippen LogP) is 2.99. The van der Waals surface area contributed by atoms with Crippen molar-refractivity contribution in [2.75, 3.05) is 0 Å². The SMILES string of the molecule is Cn1cc(CNC2CC2)c(-c2ccccc2Cl)n1. The van der Waals surface area contributed by atoms with E-state index < -0.39 is 0 Å². The molecule has 0 atom stereocenters. The van der Waals surface area contributed by atoms with Crippen LogP contribution in [0.5, 0.6) is 0 Å². The summed E-state index contributed by atoms with van der Waals surface area (Å²) in [6.45, 7) is 0.860. The molecule has 3 rings (SSSR count). The number of hydrogen-bond acceptors (Lipinski definition) is 2. The Bertz CT molecular complexity index is 558. The fourth-order valence-corrected chi connectivity index (χ4v) is 2.31. The van der Waals surface area contributed by atoms with Gasteiger partial charge >= 0.3 is 0 Å². The van der Waals surface area contributed by atoms with Crippen molar-refractivity contribution in [1.29, 1.82) is 0 Å². The number of aromatic nitrogens is 2. The number of nitrogens with zero attached hydrogens (tertiary/aromatic N) is 2. The van der Waals surface area contributed by atoms with Crippen molar-refractivity contribution in [2.24, 2.45) is 7.05 Å². The Kier molecular flexibility index (Phi) is 3.10. The molecule has 3 nitrogen and oxygen atoms in total. The summed E-state index contributed by atoms with van der Waals surface area (Å²) >= 11 is 6.25. The van der Waals surface area contributed by atoms with E-state index >= 15 is 0 Å². The van der Waals surface area contributed by atoms with Gasteiger partial charge in [0.1, 0.15) is 0 Å². The lowest BCUT2D eigenvalue weighted by Crippen LogP contribution is -2.15. The van der Waals surface area contributed by atoms with E-state index in [1.54, 1.807) is 0 Å². The molecule has 0 aliphatic heterocycles. The van der Waals surface area contributed by atoms with Crippen molar-refractivity contribution in [3.05, 3.63) is 41.0 Å². The molecule has 18 heavy (non-hydrogen) atoms. The second kappa shape index (κ2) is 4.75. The first-order chi connectivity index (χ1) is 8.74. The van der Waals surface area contributed by atoms with Crippen LogP contribution in [-0.2, 0) is 13.6 Å². The van der Waals surface area contributed by atoms with Crippen LogP contribution >= 0.6 is 11.6 Å². The highest BCUT2D eigenvalue weighted by molar-refractivity contribution is 6.33. The molecule has 1 fully saturated rings. The first-order valence-electron chi connectivity index (χ1n) is 6.25. The van der Waals surface area contributed by atoms with Crippen molar-refractivity contribution < 1.29 is 0 Å². The van der Waals surface area contributed by atoms with E-state index in [-0.39, 0.29) is 0 Å². The lowest BCUT2D eigenvalue weighted by Gasteiger charge is -2.05. The zero-order valence-corrected chi connectivity index (χ0v) is 11.1. The molecular weight excluding hydrogens is 246 g/mol. The molecule has 1 aromatic carbocycles. The van der Waals surface area contributed by atoms with Gasteiger partial charge in [-0.1, -0.05) is 29.8 Å². The normalized spacial score (nSPS) is 15.0. The number of nitrogens with one attached hydrogen (secondary N) is 1. The molecule has 1 aliphatic rings. The molecule has 2 aromatic rings. The van der Waals surface area contributed by atoms with E-state index in [9.17, 15) is 0 Å². The first kappa shape index (κ1) is 11.8. The topological polar surface area (TPSA) is 29.9 Å². The van der Waals surface area contributed by atoms with Crippen molar-refractivity contribution in [3.8, 4) is 11.3 Å². The number of benzene rings is 1. The van der Waals surface area contributed by atoms with E-state index in [0.29, 0.717) is 6.04 Å². The molecular formula is C14H16ClN3. The molecule has 0 saturated heterocycles. The highest BCUT2D eigenvalue weighted by atomic mass is 35.5. The van der Waals surface area contributed by atoms with Gasteiger partial charge in [0.25, 0.3) is 0 Å². The molecule has 1 aromatic heterocycles. The Labute approximate surface area is 112 Å². The van der Waals surface area contributed by atoms with Crippen LogP contribution in [0.3, 0.4) is 0 Å². The largest absolute Gasteiger partial charge is 0.310 e. The van der Waals surface area contributed by atoms with E-state index in [1.165, 1.54) is 18.4 Å². The van der Waals surface area contributed by atoms with E-state index in [0.717, 1.165) is 22.8 Å². The first-order valence-corrected chi connectivity index (χ1v) is 6.62. The van der Waals surface area contributed by atoms with Gasteiger partial charge in [0.15, 0.2) is 0 Å². The second-order valence-electron chi connectivity index (χ2n) is 4.81. The van der Waals surface area contributed by atoms with Crippen molar-refractivity contribution in [1.82, 2.24) is 15.1 Å². The average molecular weight is 262 g/mol. The average Bonchev–Trinajstić information content (AvgIpc) is 3.11. The molecule has 1 heterocycles. The fraction of sp³-hybridized carbons (Fsp3) is 0.357. The number of rotatable bonds is 4.